The molecule has 0 atom stereocenters. The quantitative estimate of drug-likeness (QED) is 0.235. The normalized spacial score (nSPS) is 11.2. The Labute approximate surface area is 220 Å². The van der Waals surface area contributed by atoms with Gasteiger partial charge in [0.2, 0.25) is 0 Å². The van der Waals surface area contributed by atoms with Crippen LogP contribution in [0.5, 0.6) is 0 Å². The maximum Gasteiger partial charge on any atom is 0.101 e. The molecule has 0 aliphatic carbocycles. The highest BCUT2D eigenvalue weighted by Gasteiger charge is 2.19. The van der Waals surface area contributed by atoms with Gasteiger partial charge in [-0.25, -0.2) is 0 Å². The van der Waals surface area contributed by atoms with Crippen LogP contribution in [0.1, 0.15) is 0 Å². The van der Waals surface area contributed by atoms with Crippen molar-refractivity contribution in [3.63, 3.8) is 0 Å². The average Bonchev–Trinajstić information content (AvgIpc) is 3.01. The first-order valence-corrected chi connectivity index (χ1v) is 12.6. The van der Waals surface area contributed by atoms with E-state index in [0.29, 0.717) is 0 Å². The van der Waals surface area contributed by atoms with E-state index < -0.39 is 0 Å². The van der Waals surface area contributed by atoms with Crippen LogP contribution in [0, 0.1) is 0 Å². The number of hydrogen-bond donors (Lipinski definition) is 0. The molecule has 0 fully saturated rings. The summed E-state index contributed by atoms with van der Waals surface area (Å²) in [6, 6.07) is 45.4. The molecular formula is C34H22N4. The highest BCUT2D eigenvalue weighted by atomic mass is 15.1. The lowest BCUT2D eigenvalue weighted by Crippen LogP contribution is -1.98. The predicted molar refractivity (Wildman–Crippen MR) is 154 cm³/mol. The third-order valence-electron chi connectivity index (χ3n) is 6.87. The fourth-order valence-corrected chi connectivity index (χ4v) is 5.04. The number of aromatic nitrogens is 4. The second kappa shape index (κ2) is 9.34. The van der Waals surface area contributed by atoms with Crippen LogP contribution in [0.3, 0.4) is 0 Å². The fraction of sp³-hybridized carbons (Fsp3) is 0. The highest BCUT2D eigenvalue weighted by Crippen LogP contribution is 2.39. The third-order valence-corrected chi connectivity index (χ3v) is 6.87. The van der Waals surface area contributed by atoms with Gasteiger partial charge in [-0.15, -0.1) is 20.4 Å². The number of hydrogen-bond acceptors (Lipinski definition) is 4. The average molecular weight is 487 g/mol. The van der Waals surface area contributed by atoms with Crippen LogP contribution in [0.4, 0.5) is 0 Å². The van der Waals surface area contributed by atoms with Crippen LogP contribution in [0.15, 0.2) is 133 Å². The summed E-state index contributed by atoms with van der Waals surface area (Å²) in [5, 5.41) is 23.1. The molecule has 0 bridgehead atoms. The van der Waals surface area contributed by atoms with Crippen molar-refractivity contribution in [1.82, 2.24) is 20.4 Å². The monoisotopic (exact) mass is 486 g/mol. The van der Waals surface area contributed by atoms with E-state index in [0.717, 1.165) is 66.6 Å². The van der Waals surface area contributed by atoms with Gasteiger partial charge in [0, 0.05) is 43.8 Å². The van der Waals surface area contributed by atoms with E-state index in [1.807, 2.05) is 72.8 Å². The first kappa shape index (κ1) is 22.0. The Morgan fingerprint density at radius 2 is 0.474 bits per heavy atom. The molecule has 2 heterocycles. The van der Waals surface area contributed by atoms with E-state index in [4.69, 9.17) is 20.4 Å². The van der Waals surface area contributed by atoms with Crippen molar-refractivity contribution >= 4 is 21.5 Å². The Bertz CT molecular complexity index is 1610. The van der Waals surface area contributed by atoms with Crippen LogP contribution < -0.4 is 0 Å². The maximum absolute atomic E-state index is 4.76. The lowest BCUT2D eigenvalue weighted by Gasteiger charge is -2.15. The standard InChI is InChI=1S/C34H22N4/c1-5-13-23(14-6-1)31-27-21-29-30(22-28(27)32(36-35-31)24-15-7-2-8-16-24)34(26-19-11-4-12-20-26)38-37-33(29)25-17-9-3-10-18-25/h1-22H. The second-order valence-electron chi connectivity index (χ2n) is 9.20. The van der Waals surface area contributed by atoms with Crippen molar-refractivity contribution in [1.29, 1.82) is 0 Å². The molecule has 0 unspecified atom stereocenters. The summed E-state index contributed by atoms with van der Waals surface area (Å²) in [5.41, 5.74) is 7.48. The van der Waals surface area contributed by atoms with E-state index in [1.54, 1.807) is 0 Å². The predicted octanol–water partition coefficient (Wildman–Crippen LogP) is 8.24. The van der Waals surface area contributed by atoms with Gasteiger partial charge in [0.1, 0.15) is 22.8 Å². The molecule has 4 heteroatoms. The van der Waals surface area contributed by atoms with Gasteiger partial charge in [0.25, 0.3) is 0 Å². The Hall–Kier alpha value is -5.22. The SMILES string of the molecule is c1ccc(-c2nnc(-c3ccccc3)c3cc4c(-c5ccccc5)nnc(-c5ccccc5)c4cc23)cc1. The number of fused-ring (bicyclic) bond motifs is 2. The zero-order valence-corrected chi connectivity index (χ0v) is 20.5. The number of benzene rings is 5. The number of rotatable bonds is 4. The minimum Gasteiger partial charge on any atom is -0.149 e. The summed E-state index contributed by atoms with van der Waals surface area (Å²) in [6.45, 7) is 0. The third kappa shape index (κ3) is 3.80. The molecule has 7 rings (SSSR count). The molecule has 0 saturated heterocycles. The van der Waals surface area contributed by atoms with Crippen LogP contribution in [0.2, 0.25) is 0 Å². The van der Waals surface area contributed by atoms with E-state index >= 15 is 0 Å². The Balaban J connectivity index is 1.64. The minimum atomic E-state index is 0.847. The van der Waals surface area contributed by atoms with Gasteiger partial charge in [-0.1, -0.05) is 121 Å². The Morgan fingerprint density at radius 1 is 0.263 bits per heavy atom. The van der Waals surface area contributed by atoms with Crippen LogP contribution >= 0.6 is 0 Å². The van der Waals surface area contributed by atoms with Gasteiger partial charge >= 0.3 is 0 Å². The molecule has 0 spiro atoms. The van der Waals surface area contributed by atoms with Crippen molar-refractivity contribution in [3.8, 4) is 45.0 Å². The molecule has 2 aromatic heterocycles. The molecule has 0 saturated carbocycles. The van der Waals surface area contributed by atoms with Crippen molar-refractivity contribution < 1.29 is 0 Å². The van der Waals surface area contributed by atoms with E-state index in [-0.39, 0.29) is 0 Å². The number of nitrogens with zero attached hydrogens (tertiary/aromatic N) is 4. The van der Waals surface area contributed by atoms with Gasteiger partial charge in [0.05, 0.1) is 0 Å². The van der Waals surface area contributed by atoms with E-state index in [2.05, 4.69) is 60.7 Å². The summed E-state index contributed by atoms with van der Waals surface area (Å²) in [6.07, 6.45) is 0. The maximum atomic E-state index is 4.76. The molecule has 178 valence electrons. The van der Waals surface area contributed by atoms with Crippen LogP contribution in [0.25, 0.3) is 66.6 Å². The smallest absolute Gasteiger partial charge is 0.101 e. The molecule has 38 heavy (non-hydrogen) atoms. The molecule has 0 N–H and O–H groups in total. The first-order valence-electron chi connectivity index (χ1n) is 12.6. The van der Waals surface area contributed by atoms with Gasteiger partial charge in [-0.3, -0.25) is 0 Å². The van der Waals surface area contributed by atoms with Crippen molar-refractivity contribution in [3.05, 3.63) is 133 Å². The van der Waals surface area contributed by atoms with Gasteiger partial charge in [-0.2, -0.15) is 0 Å². The van der Waals surface area contributed by atoms with E-state index in [9.17, 15) is 0 Å². The van der Waals surface area contributed by atoms with E-state index in [1.165, 1.54) is 0 Å². The molecule has 5 aromatic carbocycles. The van der Waals surface area contributed by atoms with Crippen LogP contribution in [-0.2, 0) is 0 Å². The lowest BCUT2D eigenvalue weighted by molar-refractivity contribution is 1.06. The summed E-state index contributed by atoms with van der Waals surface area (Å²) in [7, 11) is 0. The van der Waals surface area contributed by atoms with Crippen molar-refractivity contribution in [2.24, 2.45) is 0 Å². The zero-order valence-electron chi connectivity index (χ0n) is 20.5. The Morgan fingerprint density at radius 3 is 0.684 bits per heavy atom. The summed E-state index contributed by atoms with van der Waals surface area (Å²) in [5.74, 6) is 0. The van der Waals surface area contributed by atoms with Crippen molar-refractivity contribution in [2.75, 3.05) is 0 Å². The Kier molecular flexibility index (Phi) is 5.41. The zero-order chi connectivity index (χ0) is 25.3. The molecule has 4 nitrogen and oxygen atoms in total. The minimum absolute atomic E-state index is 0.847. The largest absolute Gasteiger partial charge is 0.149 e. The van der Waals surface area contributed by atoms with Gasteiger partial charge in [0.15, 0.2) is 0 Å². The molecule has 7 aromatic rings. The second-order valence-corrected chi connectivity index (χ2v) is 9.20. The topological polar surface area (TPSA) is 51.6 Å². The summed E-state index contributed by atoms with van der Waals surface area (Å²) >= 11 is 0. The summed E-state index contributed by atoms with van der Waals surface area (Å²) < 4.78 is 0. The molecular weight excluding hydrogens is 464 g/mol. The molecule has 0 aliphatic heterocycles. The van der Waals surface area contributed by atoms with Crippen molar-refractivity contribution in [2.45, 2.75) is 0 Å². The van der Waals surface area contributed by atoms with Gasteiger partial charge in [-0.05, 0) is 12.1 Å². The fourth-order valence-electron chi connectivity index (χ4n) is 5.04. The summed E-state index contributed by atoms with van der Waals surface area (Å²) in [4.78, 5) is 0. The highest BCUT2D eigenvalue weighted by molar-refractivity contribution is 6.13. The van der Waals surface area contributed by atoms with Gasteiger partial charge < -0.3 is 0 Å². The molecule has 0 radical (unpaired) electrons. The molecule has 0 aliphatic rings. The lowest BCUT2D eigenvalue weighted by atomic mass is 9.93. The first-order chi connectivity index (χ1) is 18.9. The molecule has 0 amide bonds. The van der Waals surface area contributed by atoms with Crippen LogP contribution in [-0.4, -0.2) is 20.4 Å².